The third-order valence-electron chi connectivity index (χ3n) is 1.01. The van der Waals surface area contributed by atoms with E-state index < -0.39 is 0 Å². The van der Waals surface area contributed by atoms with E-state index in [1.807, 2.05) is 6.92 Å². The van der Waals surface area contributed by atoms with Gasteiger partial charge in [0.25, 0.3) is 0 Å². The molecule has 0 bridgehead atoms. The van der Waals surface area contributed by atoms with E-state index in [-0.39, 0.29) is 0 Å². The average Bonchev–Trinajstić information content (AvgIpc) is 1.89. The minimum atomic E-state index is 0.857. The average molecular weight is 142 g/mol. The fourth-order valence-corrected chi connectivity index (χ4v) is 0.701. The zero-order chi connectivity index (χ0) is 6.95. The van der Waals surface area contributed by atoms with Crippen LogP contribution in [0.5, 0.6) is 0 Å². The smallest absolute Gasteiger partial charge is 0.00825 e. The molecule has 52 valence electrons. The normalized spacial score (nSPS) is 11.8. The Bertz CT molecular complexity index is 92.7. The lowest BCUT2D eigenvalue weighted by Gasteiger charge is -1.83. The highest BCUT2D eigenvalue weighted by Crippen LogP contribution is 1.92. The van der Waals surface area contributed by atoms with Crippen molar-refractivity contribution in [2.75, 3.05) is 5.75 Å². The maximum absolute atomic E-state index is 4.04. The Morgan fingerprint density at radius 1 is 1.11 bits per heavy atom. The maximum Gasteiger partial charge on any atom is 0.00825 e. The van der Waals surface area contributed by atoms with Gasteiger partial charge in [0.1, 0.15) is 0 Å². The van der Waals surface area contributed by atoms with Crippen molar-refractivity contribution in [1.82, 2.24) is 0 Å². The molecule has 0 nitrogen and oxygen atoms in total. The van der Waals surface area contributed by atoms with Gasteiger partial charge in [0.05, 0.1) is 0 Å². The van der Waals surface area contributed by atoms with Crippen molar-refractivity contribution in [2.45, 2.75) is 19.8 Å². The summed E-state index contributed by atoms with van der Waals surface area (Å²) in [5.41, 5.74) is 0. The summed E-state index contributed by atoms with van der Waals surface area (Å²) in [5, 5.41) is 0. The third-order valence-corrected chi connectivity index (χ3v) is 1.22. The maximum atomic E-state index is 4.04. The Morgan fingerprint density at radius 2 is 1.78 bits per heavy atom. The topological polar surface area (TPSA) is 0 Å². The van der Waals surface area contributed by atoms with Crippen molar-refractivity contribution >= 4 is 12.6 Å². The fraction of sp³-hybridized carbons (Fsp3) is 0.500. The molecule has 1 heteroatoms. The molecule has 0 saturated heterocycles. The molecule has 0 heterocycles. The Hall–Kier alpha value is -0.170. The van der Waals surface area contributed by atoms with Crippen LogP contribution >= 0.6 is 12.6 Å². The van der Waals surface area contributed by atoms with Crippen LogP contribution < -0.4 is 0 Å². The summed E-state index contributed by atoms with van der Waals surface area (Å²) in [6.45, 7) is 2.04. The van der Waals surface area contributed by atoms with Crippen molar-refractivity contribution in [2.24, 2.45) is 0 Å². The Labute approximate surface area is 63.1 Å². The van der Waals surface area contributed by atoms with Gasteiger partial charge in [-0.05, 0) is 19.8 Å². The molecule has 9 heavy (non-hydrogen) atoms. The third kappa shape index (κ3) is 7.83. The Morgan fingerprint density at radius 3 is 2.33 bits per heavy atom. The van der Waals surface area contributed by atoms with Crippen LogP contribution in [-0.4, -0.2) is 5.75 Å². The quantitative estimate of drug-likeness (QED) is 0.348. The van der Waals surface area contributed by atoms with E-state index in [9.17, 15) is 0 Å². The molecule has 0 aromatic rings. The van der Waals surface area contributed by atoms with Crippen molar-refractivity contribution in [3.63, 3.8) is 0 Å². The van der Waals surface area contributed by atoms with E-state index in [1.54, 1.807) is 0 Å². The van der Waals surface area contributed by atoms with Crippen LogP contribution in [0.4, 0.5) is 0 Å². The van der Waals surface area contributed by atoms with E-state index in [1.165, 1.54) is 0 Å². The first-order valence-corrected chi connectivity index (χ1v) is 3.92. The zero-order valence-electron chi connectivity index (χ0n) is 5.88. The molecular formula is C8H14S. The van der Waals surface area contributed by atoms with Crippen LogP contribution in [-0.2, 0) is 0 Å². The molecule has 0 saturated carbocycles. The molecule has 0 unspecified atom stereocenters. The van der Waals surface area contributed by atoms with E-state index in [0.29, 0.717) is 0 Å². The largest absolute Gasteiger partial charge is 0.175 e. The molecule has 0 radical (unpaired) electrons. The zero-order valence-corrected chi connectivity index (χ0v) is 6.77. The molecule has 0 rings (SSSR count). The predicted molar refractivity (Wildman–Crippen MR) is 47.0 cm³/mol. The molecule has 0 atom stereocenters. The molecule has 0 N–H and O–H groups in total. The molecule has 0 spiro atoms. The van der Waals surface area contributed by atoms with Crippen LogP contribution in [0.3, 0.4) is 0 Å². The van der Waals surface area contributed by atoms with Gasteiger partial charge in [-0.2, -0.15) is 12.6 Å². The van der Waals surface area contributed by atoms with Gasteiger partial charge in [-0.25, -0.2) is 0 Å². The summed E-state index contributed by atoms with van der Waals surface area (Å²) in [7, 11) is 0. The van der Waals surface area contributed by atoms with Gasteiger partial charge >= 0.3 is 0 Å². The van der Waals surface area contributed by atoms with E-state index in [0.717, 1.165) is 18.6 Å². The highest BCUT2D eigenvalue weighted by Gasteiger charge is 1.72. The van der Waals surface area contributed by atoms with E-state index in [4.69, 9.17) is 0 Å². The molecule has 0 fully saturated rings. The first-order chi connectivity index (χ1) is 4.41. The lowest BCUT2D eigenvalue weighted by molar-refractivity contribution is 1.05. The van der Waals surface area contributed by atoms with Gasteiger partial charge in [-0.3, -0.25) is 0 Å². The summed E-state index contributed by atoms with van der Waals surface area (Å²) in [4.78, 5) is 0. The minimum absolute atomic E-state index is 0.857. The molecule has 0 amide bonds. The second kappa shape index (κ2) is 7.83. The lowest BCUT2D eigenvalue weighted by atomic mass is 10.3. The highest BCUT2D eigenvalue weighted by atomic mass is 32.1. The predicted octanol–water partition coefficient (Wildman–Crippen LogP) is 2.83. The monoisotopic (exact) mass is 142 g/mol. The lowest BCUT2D eigenvalue weighted by Crippen LogP contribution is -1.64. The number of thiol groups is 1. The van der Waals surface area contributed by atoms with E-state index in [2.05, 4.69) is 36.9 Å². The molecular weight excluding hydrogens is 128 g/mol. The number of allylic oxidation sites excluding steroid dienone is 3. The number of hydrogen-bond donors (Lipinski definition) is 1. The minimum Gasteiger partial charge on any atom is -0.175 e. The second-order valence-electron chi connectivity index (χ2n) is 1.80. The van der Waals surface area contributed by atoms with Crippen molar-refractivity contribution in [3.05, 3.63) is 24.3 Å². The van der Waals surface area contributed by atoms with Gasteiger partial charge in [-0.1, -0.05) is 24.3 Å². The molecule has 0 aromatic carbocycles. The van der Waals surface area contributed by atoms with Crippen molar-refractivity contribution in [1.29, 1.82) is 0 Å². The van der Waals surface area contributed by atoms with Crippen LogP contribution in [0.2, 0.25) is 0 Å². The summed E-state index contributed by atoms with van der Waals surface area (Å²) in [6.07, 6.45) is 10.8. The molecule has 0 aliphatic rings. The number of hydrogen-bond acceptors (Lipinski definition) is 1. The van der Waals surface area contributed by atoms with Crippen LogP contribution in [0.15, 0.2) is 24.3 Å². The second-order valence-corrected chi connectivity index (χ2v) is 2.17. The first kappa shape index (κ1) is 8.83. The van der Waals surface area contributed by atoms with Gasteiger partial charge in [0.15, 0.2) is 0 Å². The summed E-state index contributed by atoms with van der Waals surface area (Å²) < 4.78 is 0. The van der Waals surface area contributed by atoms with Crippen LogP contribution in [0, 0.1) is 0 Å². The summed E-state index contributed by atoms with van der Waals surface area (Å²) >= 11 is 4.04. The molecule has 0 aliphatic carbocycles. The fourth-order valence-electron chi connectivity index (χ4n) is 0.552. The van der Waals surface area contributed by atoms with Crippen LogP contribution in [0.1, 0.15) is 19.8 Å². The van der Waals surface area contributed by atoms with Crippen molar-refractivity contribution in [3.8, 4) is 0 Å². The van der Waals surface area contributed by atoms with Gasteiger partial charge in [0.2, 0.25) is 0 Å². The Balaban J connectivity index is 2.99. The van der Waals surface area contributed by atoms with E-state index >= 15 is 0 Å². The summed E-state index contributed by atoms with van der Waals surface area (Å²) in [5.74, 6) is 0.857. The standard InChI is InChI=1S/C8H14S/c1-2-3-4-5-6-7-8-9/h2-3,6-7,9H,4-5,8H2,1H3. The highest BCUT2D eigenvalue weighted by molar-refractivity contribution is 7.80. The van der Waals surface area contributed by atoms with Crippen LogP contribution in [0.25, 0.3) is 0 Å². The van der Waals surface area contributed by atoms with Gasteiger partial charge in [-0.15, -0.1) is 0 Å². The molecule has 0 aliphatic heterocycles. The SMILES string of the molecule is CC=CCCC=CCS. The Kier molecular flexibility index (Phi) is 7.68. The van der Waals surface area contributed by atoms with Gasteiger partial charge in [0, 0.05) is 5.75 Å². The number of rotatable bonds is 4. The van der Waals surface area contributed by atoms with Crippen molar-refractivity contribution < 1.29 is 0 Å². The summed E-state index contributed by atoms with van der Waals surface area (Å²) in [6, 6.07) is 0. The van der Waals surface area contributed by atoms with Gasteiger partial charge < -0.3 is 0 Å². The number of unbranched alkanes of at least 4 members (excludes halogenated alkanes) is 1. The first-order valence-electron chi connectivity index (χ1n) is 3.28. The molecule has 0 aromatic heterocycles.